The van der Waals surface area contributed by atoms with Crippen molar-refractivity contribution < 1.29 is 4.42 Å². The van der Waals surface area contributed by atoms with Gasteiger partial charge in [0.15, 0.2) is 11.6 Å². The first-order chi connectivity index (χ1) is 14.3. The SMILES string of the molecule is O=c1[nH]c(-c2ccco2)nc2c1CN(Cc1ccc(N3CCCCC3)nc1)CC2. The normalized spacial score (nSPS) is 17.3. The summed E-state index contributed by atoms with van der Waals surface area (Å²) < 4.78 is 5.37. The minimum absolute atomic E-state index is 0.0790. The number of hydrogen-bond acceptors (Lipinski definition) is 6. The van der Waals surface area contributed by atoms with Crippen LogP contribution in [0.2, 0.25) is 0 Å². The van der Waals surface area contributed by atoms with Crippen LogP contribution in [0.15, 0.2) is 45.9 Å². The molecule has 1 N–H and O–H groups in total. The first-order valence-electron chi connectivity index (χ1n) is 10.3. The molecule has 0 amide bonds. The zero-order valence-electron chi connectivity index (χ0n) is 16.4. The largest absolute Gasteiger partial charge is 0.461 e. The molecule has 0 saturated carbocycles. The number of nitrogens with zero attached hydrogens (tertiary/aromatic N) is 4. The van der Waals surface area contributed by atoms with E-state index in [1.807, 2.05) is 6.20 Å². The molecular formula is C22H25N5O2. The van der Waals surface area contributed by atoms with Gasteiger partial charge in [-0.05, 0) is 43.0 Å². The highest BCUT2D eigenvalue weighted by atomic mass is 16.3. The molecule has 5 heterocycles. The molecule has 0 aromatic carbocycles. The van der Waals surface area contributed by atoms with Crippen molar-refractivity contribution in [1.82, 2.24) is 19.9 Å². The zero-order valence-corrected chi connectivity index (χ0v) is 16.4. The maximum absolute atomic E-state index is 12.6. The Morgan fingerprint density at radius 1 is 1.10 bits per heavy atom. The summed E-state index contributed by atoms with van der Waals surface area (Å²) in [5, 5.41) is 0. The van der Waals surface area contributed by atoms with Gasteiger partial charge in [0.05, 0.1) is 17.5 Å². The van der Waals surface area contributed by atoms with Crippen molar-refractivity contribution in [1.29, 1.82) is 0 Å². The molecule has 0 atom stereocenters. The molecule has 0 radical (unpaired) electrons. The minimum Gasteiger partial charge on any atom is -0.461 e. The van der Waals surface area contributed by atoms with Gasteiger partial charge in [0.2, 0.25) is 0 Å². The highest BCUT2D eigenvalue weighted by Crippen LogP contribution is 2.21. The number of anilines is 1. The number of fused-ring (bicyclic) bond motifs is 1. The predicted octanol–water partition coefficient (Wildman–Crippen LogP) is 2.97. The van der Waals surface area contributed by atoms with Crippen molar-refractivity contribution in [2.75, 3.05) is 24.5 Å². The molecule has 7 heteroatoms. The predicted molar refractivity (Wildman–Crippen MR) is 111 cm³/mol. The summed E-state index contributed by atoms with van der Waals surface area (Å²) in [6.07, 6.45) is 8.14. The second-order valence-corrected chi connectivity index (χ2v) is 7.85. The van der Waals surface area contributed by atoms with E-state index in [9.17, 15) is 4.79 Å². The molecule has 0 spiro atoms. The highest BCUT2D eigenvalue weighted by Gasteiger charge is 2.22. The van der Waals surface area contributed by atoms with Gasteiger partial charge in [-0.1, -0.05) is 6.07 Å². The molecule has 3 aromatic heterocycles. The highest BCUT2D eigenvalue weighted by molar-refractivity contribution is 5.47. The van der Waals surface area contributed by atoms with Crippen LogP contribution in [0.25, 0.3) is 11.6 Å². The van der Waals surface area contributed by atoms with E-state index in [4.69, 9.17) is 4.42 Å². The van der Waals surface area contributed by atoms with Crippen LogP contribution < -0.4 is 10.5 Å². The number of aromatic nitrogens is 3. The third kappa shape index (κ3) is 3.82. The Bertz CT molecular complexity index is 1020. The van der Waals surface area contributed by atoms with Crippen LogP contribution in [0, 0.1) is 0 Å². The summed E-state index contributed by atoms with van der Waals surface area (Å²) in [5.41, 5.74) is 2.72. The lowest BCUT2D eigenvalue weighted by atomic mass is 10.1. The number of nitrogens with one attached hydrogen (secondary N) is 1. The lowest BCUT2D eigenvalue weighted by molar-refractivity contribution is 0.241. The third-order valence-electron chi connectivity index (χ3n) is 5.80. The number of H-pyrrole nitrogens is 1. The summed E-state index contributed by atoms with van der Waals surface area (Å²) in [7, 11) is 0. The average Bonchev–Trinajstić information content (AvgIpc) is 3.30. The van der Waals surface area contributed by atoms with Gasteiger partial charge in [0, 0.05) is 45.3 Å². The van der Waals surface area contributed by atoms with Crippen LogP contribution in [0.3, 0.4) is 0 Å². The number of furan rings is 1. The van der Waals surface area contributed by atoms with E-state index in [1.165, 1.54) is 24.8 Å². The van der Waals surface area contributed by atoms with Crippen molar-refractivity contribution >= 4 is 5.82 Å². The molecular weight excluding hydrogens is 366 g/mol. The van der Waals surface area contributed by atoms with Gasteiger partial charge < -0.3 is 14.3 Å². The number of rotatable bonds is 4. The lowest BCUT2D eigenvalue weighted by Crippen LogP contribution is -2.35. The standard InChI is InChI=1S/C22H25N5O2/c28-22-17-15-26(11-8-18(17)24-21(25-22)19-5-4-12-29-19)14-16-6-7-20(23-13-16)27-9-2-1-3-10-27/h4-7,12-13H,1-3,8-11,14-15H2,(H,24,25,28). The van der Waals surface area contributed by atoms with Gasteiger partial charge in [-0.2, -0.15) is 0 Å². The van der Waals surface area contributed by atoms with E-state index < -0.39 is 0 Å². The van der Waals surface area contributed by atoms with Crippen molar-refractivity contribution in [2.24, 2.45) is 0 Å². The lowest BCUT2D eigenvalue weighted by Gasteiger charge is -2.29. The van der Waals surface area contributed by atoms with E-state index >= 15 is 0 Å². The summed E-state index contributed by atoms with van der Waals surface area (Å²) >= 11 is 0. The molecule has 0 bridgehead atoms. The number of piperidine rings is 1. The fraction of sp³-hybridized carbons (Fsp3) is 0.409. The van der Waals surface area contributed by atoms with Gasteiger partial charge in [0.1, 0.15) is 5.82 Å². The van der Waals surface area contributed by atoms with Crippen molar-refractivity contribution in [2.45, 2.75) is 38.8 Å². The Hall–Kier alpha value is -2.93. The summed E-state index contributed by atoms with van der Waals surface area (Å²) in [6.45, 7) is 4.46. The number of hydrogen-bond donors (Lipinski definition) is 1. The molecule has 1 fully saturated rings. The Labute approximate surface area is 169 Å². The molecule has 1 saturated heterocycles. The Morgan fingerprint density at radius 3 is 2.76 bits per heavy atom. The maximum Gasteiger partial charge on any atom is 0.256 e. The Morgan fingerprint density at radius 2 is 2.00 bits per heavy atom. The Balaban J connectivity index is 1.28. The van der Waals surface area contributed by atoms with E-state index in [2.05, 4.69) is 36.9 Å². The summed E-state index contributed by atoms with van der Waals surface area (Å²) in [6, 6.07) is 7.89. The monoisotopic (exact) mass is 391 g/mol. The first-order valence-corrected chi connectivity index (χ1v) is 10.3. The Kier molecular flexibility index (Phi) is 4.89. The third-order valence-corrected chi connectivity index (χ3v) is 5.80. The average molecular weight is 391 g/mol. The second kappa shape index (κ2) is 7.83. The molecule has 29 heavy (non-hydrogen) atoms. The van der Waals surface area contributed by atoms with Gasteiger partial charge in [-0.3, -0.25) is 9.69 Å². The molecule has 5 rings (SSSR count). The molecule has 150 valence electrons. The fourth-order valence-electron chi connectivity index (χ4n) is 4.22. The van der Waals surface area contributed by atoms with E-state index in [0.29, 0.717) is 18.1 Å². The fourth-order valence-corrected chi connectivity index (χ4v) is 4.22. The van der Waals surface area contributed by atoms with Crippen LogP contribution in [0.4, 0.5) is 5.82 Å². The van der Waals surface area contributed by atoms with Crippen LogP contribution in [0.5, 0.6) is 0 Å². The van der Waals surface area contributed by atoms with Gasteiger partial charge in [-0.25, -0.2) is 9.97 Å². The van der Waals surface area contributed by atoms with Gasteiger partial charge >= 0.3 is 0 Å². The molecule has 2 aliphatic rings. The minimum atomic E-state index is -0.0790. The van der Waals surface area contributed by atoms with E-state index in [1.54, 1.807) is 18.4 Å². The number of aromatic amines is 1. The number of pyridine rings is 1. The molecule has 0 unspecified atom stereocenters. The van der Waals surface area contributed by atoms with E-state index in [0.717, 1.165) is 49.7 Å². The summed E-state index contributed by atoms with van der Waals surface area (Å²) in [4.78, 5) is 29.4. The molecule has 2 aliphatic heterocycles. The van der Waals surface area contributed by atoms with Crippen molar-refractivity contribution in [3.05, 3.63) is 63.9 Å². The first kappa shape index (κ1) is 18.1. The van der Waals surface area contributed by atoms with Crippen molar-refractivity contribution in [3.8, 4) is 11.6 Å². The van der Waals surface area contributed by atoms with Crippen LogP contribution in [-0.2, 0) is 19.5 Å². The topological polar surface area (TPSA) is 78.3 Å². The van der Waals surface area contributed by atoms with E-state index in [-0.39, 0.29) is 5.56 Å². The van der Waals surface area contributed by atoms with Crippen LogP contribution in [-0.4, -0.2) is 39.5 Å². The zero-order chi connectivity index (χ0) is 19.6. The van der Waals surface area contributed by atoms with Crippen LogP contribution in [0.1, 0.15) is 36.1 Å². The molecule has 7 nitrogen and oxygen atoms in total. The van der Waals surface area contributed by atoms with Gasteiger partial charge in [-0.15, -0.1) is 0 Å². The van der Waals surface area contributed by atoms with Crippen molar-refractivity contribution in [3.63, 3.8) is 0 Å². The van der Waals surface area contributed by atoms with Gasteiger partial charge in [0.25, 0.3) is 5.56 Å². The molecule has 0 aliphatic carbocycles. The summed E-state index contributed by atoms with van der Waals surface area (Å²) in [5.74, 6) is 2.17. The second-order valence-electron chi connectivity index (χ2n) is 7.85. The smallest absolute Gasteiger partial charge is 0.256 e. The molecule has 3 aromatic rings. The van der Waals surface area contributed by atoms with Crippen LogP contribution >= 0.6 is 0 Å². The quantitative estimate of drug-likeness (QED) is 0.737. The maximum atomic E-state index is 12.6.